The lowest BCUT2D eigenvalue weighted by molar-refractivity contribution is 0.0375. The molecule has 0 saturated carbocycles. The first-order valence-corrected chi connectivity index (χ1v) is 8.00. The number of hydrogen-bond donors (Lipinski definition) is 0. The first-order valence-electron chi connectivity index (χ1n) is 8.00. The van der Waals surface area contributed by atoms with Gasteiger partial charge in [0.25, 0.3) is 0 Å². The number of hydrogen-bond acceptors (Lipinski definition) is 3. The molecule has 1 aromatic carbocycles. The Morgan fingerprint density at radius 3 is 2.14 bits per heavy atom. The zero-order valence-electron chi connectivity index (χ0n) is 13.7. The SMILES string of the molecule is CC1(C)CB(c2ccc(N3CCOCC3)cc2)OC1(C)C. The second-order valence-corrected chi connectivity index (χ2v) is 7.40. The van der Waals surface area contributed by atoms with Crippen LogP contribution in [0.4, 0.5) is 5.69 Å². The van der Waals surface area contributed by atoms with E-state index in [1.807, 2.05) is 0 Å². The van der Waals surface area contributed by atoms with Crippen molar-refractivity contribution in [3.63, 3.8) is 0 Å². The summed E-state index contributed by atoms with van der Waals surface area (Å²) < 4.78 is 11.7. The van der Waals surface area contributed by atoms with Gasteiger partial charge in [-0.2, -0.15) is 0 Å². The standard InChI is InChI=1S/C17H26BNO2/c1-16(2)13-18(21-17(16,3)4)14-5-7-15(8-6-14)19-9-11-20-12-10-19/h5-8H,9-13H2,1-4H3. The molecular weight excluding hydrogens is 261 g/mol. The summed E-state index contributed by atoms with van der Waals surface area (Å²) in [6, 6.07) is 8.91. The molecule has 3 nitrogen and oxygen atoms in total. The van der Waals surface area contributed by atoms with Crippen molar-refractivity contribution < 1.29 is 9.39 Å². The van der Waals surface area contributed by atoms with Crippen LogP contribution < -0.4 is 10.4 Å². The highest BCUT2D eigenvalue weighted by Gasteiger charge is 2.49. The van der Waals surface area contributed by atoms with Crippen LogP contribution in [0.2, 0.25) is 6.32 Å². The molecule has 2 heterocycles. The molecule has 1 aromatic rings. The van der Waals surface area contributed by atoms with Crippen LogP contribution in [-0.2, 0) is 9.39 Å². The Hall–Kier alpha value is -0.995. The second-order valence-electron chi connectivity index (χ2n) is 7.40. The van der Waals surface area contributed by atoms with Crippen LogP contribution in [0.25, 0.3) is 0 Å². The molecule has 2 aliphatic heterocycles. The predicted molar refractivity (Wildman–Crippen MR) is 88.6 cm³/mol. The van der Waals surface area contributed by atoms with E-state index in [0.717, 1.165) is 32.6 Å². The third-order valence-electron chi connectivity index (χ3n) is 5.40. The fourth-order valence-electron chi connectivity index (χ4n) is 3.17. The largest absolute Gasteiger partial charge is 0.426 e. The summed E-state index contributed by atoms with van der Waals surface area (Å²) >= 11 is 0. The van der Waals surface area contributed by atoms with Crippen molar-refractivity contribution in [1.29, 1.82) is 0 Å². The summed E-state index contributed by atoms with van der Waals surface area (Å²) in [6.07, 6.45) is 1.08. The number of morpholine rings is 1. The molecule has 4 heteroatoms. The molecular formula is C17H26BNO2. The highest BCUT2D eigenvalue weighted by atomic mass is 16.5. The zero-order valence-corrected chi connectivity index (χ0v) is 13.7. The van der Waals surface area contributed by atoms with E-state index in [9.17, 15) is 0 Å². The molecule has 0 N–H and O–H groups in total. The van der Waals surface area contributed by atoms with Crippen molar-refractivity contribution in [3.05, 3.63) is 24.3 Å². The Bertz CT molecular complexity index is 476. The second kappa shape index (κ2) is 5.33. The number of benzene rings is 1. The van der Waals surface area contributed by atoms with Gasteiger partial charge in [-0.25, -0.2) is 0 Å². The number of ether oxygens (including phenoxy) is 1. The highest BCUT2D eigenvalue weighted by molar-refractivity contribution is 6.68. The van der Waals surface area contributed by atoms with Crippen LogP contribution in [-0.4, -0.2) is 38.8 Å². The molecule has 0 atom stereocenters. The van der Waals surface area contributed by atoms with Crippen LogP contribution in [0.1, 0.15) is 27.7 Å². The average Bonchev–Trinajstić information content (AvgIpc) is 2.69. The maximum atomic E-state index is 6.30. The van der Waals surface area contributed by atoms with Crippen molar-refractivity contribution >= 4 is 18.1 Å². The first-order chi connectivity index (χ1) is 9.89. The van der Waals surface area contributed by atoms with Gasteiger partial charge in [0.2, 0.25) is 0 Å². The molecule has 0 radical (unpaired) electrons. The van der Waals surface area contributed by atoms with E-state index in [1.165, 1.54) is 11.2 Å². The Morgan fingerprint density at radius 2 is 1.62 bits per heavy atom. The summed E-state index contributed by atoms with van der Waals surface area (Å²) in [4.78, 5) is 2.39. The Morgan fingerprint density at radius 1 is 1.00 bits per heavy atom. The molecule has 0 unspecified atom stereocenters. The number of rotatable bonds is 2. The maximum absolute atomic E-state index is 6.30. The summed E-state index contributed by atoms with van der Waals surface area (Å²) in [6.45, 7) is 12.9. The van der Waals surface area contributed by atoms with Gasteiger partial charge in [0, 0.05) is 18.8 Å². The van der Waals surface area contributed by atoms with Crippen LogP contribution >= 0.6 is 0 Å². The quantitative estimate of drug-likeness (QED) is 0.780. The van der Waals surface area contributed by atoms with E-state index in [0.29, 0.717) is 0 Å². The minimum atomic E-state index is -0.0689. The predicted octanol–water partition coefficient (Wildman–Crippen LogP) is 2.56. The van der Waals surface area contributed by atoms with Gasteiger partial charge in [0.05, 0.1) is 18.8 Å². The lowest BCUT2D eigenvalue weighted by Gasteiger charge is -2.34. The van der Waals surface area contributed by atoms with E-state index in [4.69, 9.17) is 9.39 Å². The highest BCUT2D eigenvalue weighted by Crippen LogP contribution is 2.45. The minimum Gasteiger partial charge on any atom is -0.426 e. The van der Waals surface area contributed by atoms with Gasteiger partial charge in [-0.05, 0) is 43.2 Å². The third-order valence-corrected chi connectivity index (χ3v) is 5.40. The third kappa shape index (κ3) is 2.84. The number of anilines is 1. The molecule has 3 rings (SSSR count). The maximum Gasteiger partial charge on any atom is 0.327 e. The van der Waals surface area contributed by atoms with Crippen molar-refractivity contribution in [2.45, 2.75) is 39.6 Å². The zero-order chi connectivity index (χ0) is 15.1. The van der Waals surface area contributed by atoms with Crippen molar-refractivity contribution in [2.24, 2.45) is 5.41 Å². The first kappa shape index (κ1) is 14.9. The molecule has 2 saturated heterocycles. The van der Waals surface area contributed by atoms with Gasteiger partial charge in [0.1, 0.15) is 0 Å². The summed E-state index contributed by atoms with van der Waals surface area (Å²) in [5.41, 5.74) is 2.73. The monoisotopic (exact) mass is 287 g/mol. The lowest BCUT2D eigenvalue weighted by atomic mass is 9.54. The van der Waals surface area contributed by atoms with Gasteiger partial charge in [-0.3, -0.25) is 0 Å². The number of nitrogens with zero attached hydrogens (tertiary/aromatic N) is 1. The Kier molecular flexibility index (Phi) is 3.79. The molecule has 0 aromatic heterocycles. The fraction of sp³-hybridized carbons (Fsp3) is 0.647. The van der Waals surface area contributed by atoms with Gasteiger partial charge < -0.3 is 14.3 Å². The van der Waals surface area contributed by atoms with Gasteiger partial charge in [-0.1, -0.05) is 26.0 Å². The molecule has 2 fully saturated rings. The summed E-state index contributed by atoms with van der Waals surface area (Å²) in [5.74, 6) is 0. The van der Waals surface area contributed by atoms with Crippen LogP contribution in [0.3, 0.4) is 0 Å². The van der Waals surface area contributed by atoms with E-state index < -0.39 is 0 Å². The van der Waals surface area contributed by atoms with Gasteiger partial charge in [0.15, 0.2) is 0 Å². The normalized spacial score (nSPS) is 24.4. The topological polar surface area (TPSA) is 21.7 Å². The van der Waals surface area contributed by atoms with Crippen molar-refractivity contribution in [2.75, 3.05) is 31.2 Å². The van der Waals surface area contributed by atoms with Crippen LogP contribution in [0, 0.1) is 5.41 Å². The Balaban J connectivity index is 1.73. The Labute approximate surface area is 128 Å². The van der Waals surface area contributed by atoms with Crippen LogP contribution in [0.5, 0.6) is 0 Å². The minimum absolute atomic E-state index is 0.0689. The average molecular weight is 287 g/mol. The van der Waals surface area contributed by atoms with Gasteiger partial charge >= 0.3 is 6.92 Å². The molecule has 0 amide bonds. The molecule has 0 aliphatic carbocycles. The van der Waals surface area contributed by atoms with E-state index in [-0.39, 0.29) is 17.9 Å². The van der Waals surface area contributed by atoms with E-state index >= 15 is 0 Å². The van der Waals surface area contributed by atoms with Gasteiger partial charge in [-0.15, -0.1) is 0 Å². The van der Waals surface area contributed by atoms with Crippen LogP contribution in [0.15, 0.2) is 24.3 Å². The molecule has 114 valence electrons. The van der Waals surface area contributed by atoms with E-state index in [1.54, 1.807) is 0 Å². The molecule has 2 aliphatic rings. The van der Waals surface area contributed by atoms with Crippen molar-refractivity contribution in [1.82, 2.24) is 0 Å². The molecule has 21 heavy (non-hydrogen) atoms. The molecule has 0 bridgehead atoms. The summed E-state index contributed by atoms with van der Waals surface area (Å²) in [7, 11) is 0. The lowest BCUT2D eigenvalue weighted by Crippen LogP contribution is -2.37. The van der Waals surface area contributed by atoms with Crippen molar-refractivity contribution in [3.8, 4) is 0 Å². The fourth-order valence-corrected chi connectivity index (χ4v) is 3.17. The summed E-state index contributed by atoms with van der Waals surface area (Å²) in [5, 5.41) is 0. The van der Waals surface area contributed by atoms with E-state index in [2.05, 4.69) is 56.9 Å². The molecule has 0 spiro atoms. The smallest absolute Gasteiger partial charge is 0.327 e.